The summed E-state index contributed by atoms with van der Waals surface area (Å²) in [5, 5.41) is 1.12. The Kier molecular flexibility index (Phi) is 6.10. The molecule has 0 fully saturated rings. The molecule has 0 N–H and O–H groups in total. The van der Waals surface area contributed by atoms with Crippen LogP contribution in [0.25, 0.3) is 17.0 Å². The second kappa shape index (κ2) is 8.39. The second-order valence-corrected chi connectivity index (χ2v) is 13.3. The lowest BCUT2D eigenvalue weighted by molar-refractivity contribution is -0.149. The van der Waals surface area contributed by atoms with Crippen molar-refractivity contribution < 1.29 is 18.4 Å². The second-order valence-electron chi connectivity index (χ2n) is 8.58. The van der Waals surface area contributed by atoms with Crippen molar-refractivity contribution in [3.63, 3.8) is 0 Å². The molecule has 29 heavy (non-hydrogen) atoms. The monoisotopic (exact) mass is 408 g/mol. The van der Waals surface area contributed by atoms with Crippen molar-refractivity contribution in [3.8, 4) is 0 Å². The van der Waals surface area contributed by atoms with Gasteiger partial charge in [-0.15, -0.1) is 0 Å². The Hall–Kier alpha value is -2.63. The molecule has 0 saturated heterocycles. The maximum atomic E-state index is 11.7. The first-order valence-corrected chi connectivity index (χ1v) is 12.7. The van der Waals surface area contributed by atoms with E-state index in [1.165, 1.54) is 6.08 Å². The van der Waals surface area contributed by atoms with Gasteiger partial charge in [0.1, 0.15) is 11.3 Å². The summed E-state index contributed by atoms with van der Waals surface area (Å²) in [6.45, 7) is 10.8. The van der Waals surface area contributed by atoms with Crippen LogP contribution in [0.4, 0.5) is 0 Å². The molecule has 0 spiro atoms. The summed E-state index contributed by atoms with van der Waals surface area (Å²) in [7, 11) is -2.04. The number of hydrogen-bond acceptors (Lipinski definition) is 4. The highest BCUT2D eigenvalue weighted by Gasteiger charge is 2.41. The minimum Gasteiger partial charge on any atom is -0.457 e. The lowest BCUT2D eigenvalue weighted by atomic mass is 10.2. The molecule has 1 aliphatic rings. The van der Waals surface area contributed by atoms with E-state index in [1.54, 1.807) is 0 Å². The van der Waals surface area contributed by atoms with Crippen molar-refractivity contribution in [1.82, 2.24) is 0 Å². The average molecular weight is 409 g/mol. The van der Waals surface area contributed by atoms with Crippen LogP contribution in [-0.2, 0) is 14.0 Å². The molecule has 1 aromatic carbocycles. The molecule has 0 saturated carbocycles. The number of cyclic esters (lactones) is 1. The van der Waals surface area contributed by atoms with Crippen LogP contribution in [0.5, 0.6) is 0 Å². The highest BCUT2D eigenvalue weighted by Crippen LogP contribution is 2.39. The molecule has 0 amide bonds. The van der Waals surface area contributed by atoms with E-state index in [0.29, 0.717) is 0 Å². The molecule has 152 valence electrons. The van der Waals surface area contributed by atoms with Crippen molar-refractivity contribution in [2.24, 2.45) is 0 Å². The average Bonchev–Trinajstić information content (AvgIpc) is 3.19. The van der Waals surface area contributed by atoms with Crippen LogP contribution in [0.2, 0.25) is 18.1 Å². The van der Waals surface area contributed by atoms with E-state index < -0.39 is 14.6 Å². The number of carbonyl (C=O) groups excluding carboxylic acids is 1. The summed E-state index contributed by atoms with van der Waals surface area (Å²) >= 11 is 0. The Morgan fingerprint density at radius 3 is 2.41 bits per heavy atom. The van der Waals surface area contributed by atoms with Crippen molar-refractivity contribution in [3.05, 3.63) is 78.1 Å². The summed E-state index contributed by atoms with van der Waals surface area (Å²) in [6, 6.07) is 9.93. The first kappa shape index (κ1) is 21.1. The highest BCUT2D eigenvalue weighted by molar-refractivity contribution is 6.74. The number of furan rings is 1. The first-order chi connectivity index (χ1) is 13.7. The number of hydrogen-bond donors (Lipinski definition) is 0. The molecular formula is C24H28O4Si. The summed E-state index contributed by atoms with van der Waals surface area (Å²) in [5.41, 5.74) is 1.62. The fourth-order valence-electron chi connectivity index (χ4n) is 2.60. The number of rotatable bonds is 6. The van der Waals surface area contributed by atoms with Gasteiger partial charge in [-0.05, 0) is 36.3 Å². The predicted octanol–water partition coefficient (Wildman–Crippen LogP) is 6.39. The summed E-state index contributed by atoms with van der Waals surface area (Å²) in [6.07, 6.45) is 12.2. The van der Waals surface area contributed by atoms with Crippen LogP contribution in [-0.4, -0.2) is 20.6 Å². The maximum absolute atomic E-state index is 11.7. The van der Waals surface area contributed by atoms with Gasteiger partial charge in [0.2, 0.25) is 6.29 Å². The van der Waals surface area contributed by atoms with E-state index in [9.17, 15) is 4.79 Å². The molecule has 1 aliphatic heterocycles. The quantitative estimate of drug-likeness (QED) is 0.316. The van der Waals surface area contributed by atoms with E-state index in [0.717, 1.165) is 22.3 Å². The SMILES string of the molecule is CC(C)(C)[Si](C)(C)OC1OC(=O)C=C1/C=C/C=C/C=C/c1cc2ccccc2o1. The molecule has 1 atom stereocenters. The van der Waals surface area contributed by atoms with Crippen LogP contribution >= 0.6 is 0 Å². The fraction of sp³-hybridized carbons (Fsp3) is 0.292. The molecular weight excluding hydrogens is 380 g/mol. The lowest BCUT2D eigenvalue weighted by Crippen LogP contribution is -2.44. The highest BCUT2D eigenvalue weighted by atomic mass is 28.4. The Bertz CT molecular complexity index is 966. The van der Waals surface area contributed by atoms with Gasteiger partial charge in [0.15, 0.2) is 8.32 Å². The molecule has 0 bridgehead atoms. The van der Waals surface area contributed by atoms with Gasteiger partial charge < -0.3 is 13.6 Å². The molecule has 0 radical (unpaired) electrons. The minimum atomic E-state index is -2.04. The van der Waals surface area contributed by atoms with Gasteiger partial charge in [-0.3, -0.25) is 0 Å². The summed E-state index contributed by atoms with van der Waals surface area (Å²) in [4.78, 5) is 11.7. The van der Waals surface area contributed by atoms with Crippen molar-refractivity contribution in [1.29, 1.82) is 0 Å². The van der Waals surface area contributed by atoms with E-state index in [2.05, 4.69) is 33.9 Å². The van der Waals surface area contributed by atoms with Crippen LogP contribution < -0.4 is 0 Å². The zero-order valence-corrected chi connectivity index (χ0v) is 18.6. The largest absolute Gasteiger partial charge is 0.457 e. The maximum Gasteiger partial charge on any atom is 0.333 e. The smallest absolute Gasteiger partial charge is 0.333 e. The van der Waals surface area contributed by atoms with Gasteiger partial charge in [0.25, 0.3) is 0 Å². The third-order valence-electron chi connectivity index (χ3n) is 5.31. The Labute approximate surface area is 173 Å². The number of carbonyl (C=O) groups is 1. The number of para-hydroxylation sites is 1. The molecule has 3 rings (SSSR count). The molecule has 1 unspecified atom stereocenters. The third kappa shape index (κ3) is 5.25. The lowest BCUT2D eigenvalue weighted by Gasteiger charge is -2.38. The zero-order valence-electron chi connectivity index (χ0n) is 17.6. The van der Waals surface area contributed by atoms with Gasteiger partial charge in [-0.1, -0.05) is 69.4 Å². The first-order valence-electron chi connectivity index (χ1n) is 9.76. The molecule has 5 heteroatoms. The molecule has 0 aliphatic carbocycles. The van der Waals surface area contributed by atoms with Crippen LogP contribution in [0.15, 0.2) is 76.8 Å². The van der Waals surface area contributed by atoms with Gasteiger partial charge >= 0.3 is 5.97 Å². The third-order valence-corrected chi connectivity index (χ3v) is 9.73. The minimum absolute atomic E-state index is 0.0399. The summed E-state index contributed by atoms with van der Waals surface area (Å²) < 4.78 is 17.3. The molecule has 2 heterocycles. The number of fused-ring (bicyclic) bond motifs is 1. The van der Waals surface area contributed by atoms with Crippen molar-refractivity contribution >= 4 is 31.3 Å². The van der Waals surface area contributed by atoms with E-state index in [1.807, 2.05) is 66.8 Å². The van der Waals surface area contributed by atoms with E-state index in [4.69, 9.17) is 13.6 Å². The van der Waals surface area contributed by atoms with E-state index >= 15 is 0 Å². The number of allylic oxidation sites excluding steroid dienone is 4. The number of ether oxygens (including phenoxy) is 1. The Morgan fingerprint density at radius 1 is 1.03 bits per heavy atom. The molecule has 1 aromatic heterocycles. The Morgan fingerprint density at radius 2 is 1.72 bits per heavy atom. The van der Waals surface area contributed by atoms with Crippen LogP contribution in [0, 0.1) is 0 Å². The van der Waals surface area contributed by atoms with Gasteiger partial charge in [-0.2, -0.15) is 0 Å². The fourth-order valence-corrected chi connectivity index (χ4v) is 3.68. The summed E-state index contributed by atoms with van der Waals surface area (Å²) in [5.74, 6) is 0.447. The van der Waals surface area contributed by atoms with Crippen molar-refractivity contribution in [2.45, 2.75) is 45.2 Å². The molecule has 2 aromatic rings. The number of benzene rings is 1. The van der Waals surface area contributed by atoms with Gasteiger partial charge in [0.05, 0.1) is 0 Å². The Balaban J connectivity index is 1.60. The van der Waals surface area contributed by atoms with Crippen LogP contribution in [0.1, 0.15) is 26.5 Å². The van der Waals surface area contributed by atoms with Crippen LogP contribution in [0.3, 0.4) is 0 Å². The topological polar surface area (TPSA) is 48.7 Å². The molecule has 4 nitrogen and oxygen atoms in total. The number of esters is 1. The van der Waals surface area contributed by atoms with Gasteiger partial charge in [0, 0.05) is 17.0 Å². The van der Waals surface area contributed by atoms with Gasteiger partial charge in [-0.25, -0.2) is 4.79 Å². The zero-order chi connectivity index (χ0) is 21.1. The van der Waals surface area contributed by atoms with Crippen molar-refractivity contribution in [2.75, 3.05) is 0 Å². The normalized spacial score (nSPS) is 18.4. The van der Waals surface area contributed by atoms with E-state index in [-0.39, 0.29) is 11.0 Å². The predicted molar refractivity (Wildman–Crippen MR) is 120 cm³/mol. The standard InChI is InChI=1S/C24H28O4Si/c1-24(2,3)29(4,5)28-23-19(17-22(25)27-23)13-8-6-7-9-14-20-16-18-12-10-11-15-21(18)26-20/h6-17,23H,1-5H3/b7-6+,13-8+,14-9+.